The first-order valence-corrected chi connectivity index (χ1v) is 3.33. The summed E-state index contributed by atoms with van der Waals surface area (Å²) in [5, 5.41) is 0. The first-order valence-electron chi connectivity index (χ1n) is 3.33. The monoisotopic (exact) mass is 315 g/mol. The predicted molar refractivity (Wildman–Crippen MR) is 46.9 cm³/mol. The molecule has 0 aromatic heterocycles. The third-order valence-corrected chi connectivity index (χ3v) is 1.11. The smallest absolute Gasteiger partial charge is 0.214 e. The molecule has 0 nitrogen and oxygen atoms in total. The summed E-state index contributed by atoms with van der Waals surface area (Å²) >= 11 is 0. The Hall–Kier alpha value is -0.0505. The van der Waals surface area contributed by atoms with Crippen LogP contribution in [0.2, 0.25) is 0 Å². The Labute approximate surface area is 101 Å². The van der Waals surface area contributed by atoms with E-state index in [2.05, 4.69) is 0 Å². The van der Waals surface area contributed by atoms with Crippen molar-refractivity contribution >= 4 is 0 Å². The Morgan fingerprint density at radius 2 is 0.833 bits per heavy atom. The minimum absolute atomic E-state index is 0. The quantitative estimate of drug-likeness (QED) is 0.342. The van der Waals surface area contributed by atoms with Crippen LogP contribution in [0.25, 0.3) is 0 Å². The van der Waals surface area contributed by atoms with Crippen LogP contribution in [0.5, 0.6) is 0 Å². The van der Waals surface area contributed by atoms with E-state index in [0.29, 0.717) is 0 Å². The molecule has 2 aromatic rings. The molecule has 12 heavy (non-hydrogen) atoms. The molecule has 2 heteroatoms. The summed E-state index contributed by atoms with van der Waals surface area (Å²) in [6.45, 7) is 0. The van der Waals surface area contributed by atoms with Crippen molar-refractivity contribution in [1.82, 2.24) is 0 Å². The Balaban J connectivity index is 0. The largest absolute Gasteiger partial charge is 2.00 e. The van der Waals surface area contributed by atoms with Gasteiger partial charge in [0.05, 0.1) is 0 Å². The van der Waals surface area contributed by atoms with Crippen molar-refractivity contribution in [2.45, 2.75) is 0 Å². The fourth-order valence-corrected chi connectivity index (χ4v) is 0.642. The molecule has 0 amide bonds. The van der Waals surface area contributed by atoms with Gasteiger partial charge in [0.2, 0.25) is 24.0 Å². The minimum atomic E-state index is 0. The molecule has 0 aliphatic carbocycles. The maximum atomic E-state index is 2.00. The summed E-state index contributed by atoms with van der Waals surface area (Å²) < 4.78 is 0. The van der Waals surface area contributed by atoms with Gasteiger partial charge in [-0.1, -0.05) is 0 Å². The third kappa shape index (κ3) is 8.05. The summed E-state index contributed by atoms with van der Waals surface area (Å²) in [6, 6.07) is 20.0. The van der Waals surface area contributed by atoms with Crippen molar-refractivity contribution in [3.63, 3.8) is 0 Å². The van der Waals surface area contributed by atoms with Gasteiger partial charge in [0, 0.05) is 0 Å². The molecule has 0 saturated carbocycles. The molecule has 0 N–H and O–H groups in total. The van der Waals surface area contributed by atoms with Crippen LogP contribution in [0.15, 0.2) is 60.7 Å². The molecule has 0 aliphatic rings. The van der Waals surface area contributed by atoms with E-state index in [1.807, 2.05) is 60.7 Å². The van der Waals surface area contributed by atoms with Gasteiger partial charge in [0.15, 0.2) is 0 Å². The van der Waals surface area contributed by atoms with Crippen LogP contribution in [-0.4, -0.2) is 0 Å². The van der Waals surface area contributed by atoms with Crippen molar-refractivity contribution in [3.8, 4) is 0 Å². The summed E-state index contributed by atoms with van der Waals surface area (Å²) in [5.41, 5.74) is 0. The van der Waals surface area contributed by atoms with E-state index in [1.54, 1.807) is 0 Å². The van der Waals surface area contributed by atoms with Crippen molar-refractivity contribution < 1.29 is 41.0 Å². The Bertz CT molecular complexity index is 149. The molecule has 0 saturated heterocycles. The minimum Gasteiger partial charge on any atom is -0.214 e. The molecule has 0 bridgehead atoms. The molecule has 0 radical (unpaired) electrons. The van der Waals surface area contributed by atoms with E-state index in [1.165, 1.54) is 0 Å². The van der Waals surface area contributed by atoms with Crippen LogP contribution < -0.4 is 24.0 Å². The summed E-state index contributed by atoms with van der Waals surface area (Å²) in [5.74, 6) is 0. The van der Waals surface area contributed by atoms with Crippen molar-refractivity contribution in [2.75, 3.05) is 0 Å². The molecular weight excluding hydrogens is 303 g/mol. The van der Waals surface area contributed by atoms with Gasteiger partial charge in [-0.3, -0.25) is 0 Å². The van der Waals surface area contributed by atoms with Gasteiger partial charge in [-0.05, 0) is 0 Å². The molecule has 0 unspecified atom stereocenters. The average molecular weight is 315 g/mol. The second-order valence-corrected chi connectivity index (χ2v) is 1.92. The molecule has 2 rings (SSSR count). The van der Waals surface area contributed by atoms with Crippen LogP contribution in [0.4, 0.5) is 0 Å². The number of hydrogen-bond donors (Lipinski definition) is 0. The fraction of sp³-hybridized carbons (Fsp3) is 0. The van der Waals surface area contributed by atoms with E-state index in [4.69, 9.17) is 0 Å². The second-order valence-electron chi connectivity index (χ2n) is 1.92. The molecule has 0 fully saturated rings. The molecule has 0 aliphatic heterocycles. The zero-order valence-corrected chi connectivity index (χ0v) is 10.2. The van der Waals surface area contributed by atoms with Gasteiger partial charge < -0.3 is 0 Å². The van der Waals surface area contributed by atoms with Crippen molar-refractivity contribution in [2.24, 2.45) is 0 Å². The van der Waals surface area contributed by atoms with Gasteiger partial charge in [0.1, 0.15) is 0 Å². The van der Waals surface area contributed by atoms with Crippen LogP contribution in [0.1, 0.15) is 0 Å². The van der Waals surface area contributed by atoms with Gasteiger partial charge in [0.25, 0.3) is 0 Å². The maximum Gasteiger partial charge on any atom is 2.00 e. The third-order valence-electron chi connectivity index (χ3n) is 1.11. The Morgan fingerprint density at radius 3 is 0.917 bits per heavy atom. The zero-order valence-electron chi connectivity index (χ0n) is 6.57. The van der Waals surface area contributed by atoms with E-state index in [0.717, 1.165) is 0 Å². The van der Waals surface area contributed by atoms with Crippen LogP contribution in [0.3, 0.4) is 0 Å². The number of halogens is 1. The van der Waals surface area contributed by atoms with Crippen LogP contribution in [0, 0.1) is 0 Å². The topological polar surface area (TPSA) is 0 Å². The zero-order chi connectivity index (χ0) is 7.07. The molecular formula is C10H12FeI+. The number of hydrogen-bond acceptors (Lipinski definition) is 0. The molecule has 0 atom stereocenters. The maximum absolute atomic E-state index is 2.00. The van der Waals surface area contributed by atoms with E-state index in [9.17, 15) is 0 Å². The second kappa shape index (κ2) is 10.9. The van der Waals surface area contributed by atoms with Gasteiger partial charge in [-0.25, -0.2) is 24.3 Å². The molecule has 0 heterocycles. The van der Waals surface area contributed by atoms with E-state index >= 15 is 0 Å². The first-order chi connectivity index (χ1) is 5.00. The Kier molecular flexibility index (Phi) is 13.2. The van der Waals surface area contributed by atoms with Gasteiger partial charge in [-0.15, -0.1) is 0 Å². The van der Waals surface area contributed by atoms with Crippen LogP contribution >= 0.6 is 0 Å². The van der Waals surface area contributed by atoms with Crippen molar-refractivity contribution in [1.29, 1.82) is 0 Å². The molecule has 66 valence electrons. The average Bonchev–Trinajstić information content (AvgIpc) is 2.67. The van der Waals surface area contributed by atoms with Gasteiger partial charge >= 0.3 is 17.1 Å². The molecule has 2 aromatic carbocycles. The van der Waals surface area contributed by atoms with E-state index < -0.39 is 0 Å². The first kappa shape index (κ1) is 14.5. The SMILES string of the molecule is [Fe+2].[IH2+].c1cc[cH-]c1.c1cc[cH-]c1. The van der Waals surface area contributed by atoms with E-state index in [-0.39, 0.29) is 41.0 Å². The fourth-order valence-electron chi connectivity index (χ4n) is 0.642. The Morgan fingerprint density at radius 1 is 0.583 bits per heavy atom. The normalized spacial score (nSPS) is 6.67. The molecule has 0 spiro atoms. The summed E-state index contributed by atoms with van der Waals surface area (Å²) in [4.78, 5) is 0. The predicted octanol–water partition coefficient (Wildman–Crippen LogP) is -0.723. The summed E-state index contributed by atoms with van der Waals surface area (Å²) in [6.07, 6.45) is 0. The van der Waals surface area contributed by atoms with Crippen LogP contribution in [-0.2, 0) is 17.1 Å². The number of rotatable bonds is 0. The van der Waals surface area contributed by atoms with Crippen molar-refractivity contribution in [3.05, 3.63) is 60.7 Å². The van der Waals surface area contributed by atoms with Gasteiger partial charge in [-0.2, -0.15) is 36.4 Å². The standard InChI is InChI=1S/2C5H5.Fe.H2I/c2*1-2-4-5-3-1;;/h2*1-5H;;1H2/q2*-1;+2;+1. The summed E-state index contributed by atoms with van der Waals surface area (Å²) in [7, 11) is 0.